The number of carbonyl (C=O) groups excluding carboxylic acids is 1. The van der Waals surface area contributed by atoms with Crippen LogP contribution in [0.15, 0.2) is 6.33 Å². The number of amides is 1. The number of nitrogens with zero attached hydrogens (tertiary/aromatic N) is 4. The van der Waals surface area contributed by atoms with Crippen LogP contribution < -0.4 is 10.6 Å². The van der Waals surface area contributed by atoms with E-state index in [1.54, 1.807) is 0 Å². The van der Waals surface area contributed by atoms with Gasteiger partial charge in [-0.25, -0.2) is 4.98 Å². The molecule has 0 aromatic carbocycles. The van der Waals surface area contributed by atoms with Crippen LogP contribution in [-0.2, 0) is 9.59 Å². The molecule has 98 valence electrons. The Labute approximate surface area is 106 Å². The van der Waals surface area contributed by atoms with E-state index in [1.165, 1.54) is 11.2 Å². The van der Waals surface area contributed by atoms with E-state index in [-0.39, 0.29) is 30.6 Å². The zero-order chi connectivity index (χ0) is 13.6. The Morgan fingerprint density at radius 2 is 2.32 bits per heavy atom. The number of carboxylic acids is 1. The Morgan fingerprint density at radius 3 is 3.00 bits per heavy atom. The summed E-state index contributed by atoms with van der Waals surface area (Å²) in [6.45, 7) is 0.0682. The number of fused-ring (bicyclic) bond motifs is 1. The quantitative estimate of drug-likeness (QED) is 0.655. The van der Waals surface area contributed by atoms with Crippen LogP contribution in [-0.4, -0.2) is 43.5 Å². The molecule has 1 aliphatic heterocycles. The zero-order valence-corrected chi connectivity index (χ0v) is 9.70. The predicted octanol–water partition coefficient (Wildman–Crippen LogP) is -0.627. The van der Waals surface area contributed by atoms with Gasteiger partial charge in [0.05, 0.1) is 12.2 Å². The summed E-state index contributed by atoms with van der Waals surface area (Å²) in [6, 6.07) is 0. The number of imidazole rings is 1. The first-order valence-electron chi connectivity index (χ1n) is 5.56. The molecule has 1 fully saturated rings. The lowest BCUT2D eigenvalue weighted by atomic mass is 10.1. The Morgan fingerprint density at radius 1 is 1.53 bits per heavy atom. The molecule has 0 bridgehead atoms. The molecular weight excluding hydrogens is 252 g/mol. The average molecular weight is 262 g/mol. The minimum Gasteiger partial charge on any atom is -0.481 e. The van der Waals surface area contributed by atoms with Crippen LogP contribution in [0.2, 0.25) is 0 Å². The van der Waals surface area contributed by atoms with Crippen LogP contribution in [0.4, 0.5) is 11.8 Å². The van der Waals surface area contributed by atoms with Gasteiger partial charge >= 0.3 is 5.97 Å². The number of aliphatic carboxylic acids is 1. The second-order valence-electron chi connectivity index (χ2n) is 4.25. The lowest BCUT2D eigenvalue weighted by Crippen LogP contribution is -2.27. The topological polar surface area (TPSA) is 138 Å². The van der Waals surface area contributed by atoms with Gasteiger partial charge in [0.2, 0.25) is 11.9 Å². The third kappa shape index (κ3) is 1.75. The maximum Gasteiger partial charge on any atom is 0.308 e. The fourth-order valence-corrected chi connectivity index (χ4v) is 2.11. The molecule has 1 atom stereocenters. The summed E-state index contributed by atoms with van der Waals surface area (Å²) in [7, 11) is 0. The third-order valence-corrected chi connectivity index (χ3v) is 3.01. The number of hydrogen-bond donors (Lipinski definition) is 3. The van der Waals surface area contributed by atoms with Gasteiger partial charge in [0.1, 0.15) is 5.52 Å². The van der Waals surface area contributed by atoms with Crippen molar-refractivity contribution in [2.24, 2.45) is 5.92 Å². The second kappa shape index (κ2) is 3.90. The highest BCUT2D eigenvalue weighted by atomic mass is 16.4. The molecule has 1 amide bonds. The summed E-state index contributed by atoms with van der Waals surface area (Å²) in [6.07, 6.45) is 1.37. The maximum atomic E-state index is 11.9. The molecule has 3 heterocycles. The number of anilines is 2. The highest BCUT2D eigenvalue weighted by Gasteiger charge is 2.37. The number of aromatic amines is 1. The molecule has 2 aromatic rings. The lowest BCUT2D eigenvalue weighted by Gasteiger charge is -2.15. The van der Waals surface area contributed by atoms with Crippen molar-refractivity contribution >= 4 is 34.8 Å². The standard InChI is InChI=1S/C10H10N6O3/c11-10-14-7-6(12-3-13-7)8(15-10)16-2-4(9(18)19)1-5(16)17/h3-4H,1-2H2,(H,18,19)(H3,11,12,13,14,15). The predicted molar refractivity (Wildman–Crippen MR) is 64.2 cm³/mol. The maximum absolute atomic E-state index is 11.9. The highest BCUT2D eigenvalue weighted by Crippen LogP contribution is 2.28. The number of rotatable bonds is 2. The highest BCUT2D eigenvalue weighted by molar-refractivity contribution is 6.03. The van der Waals surface area contributed by atoms with Crippen molar-refractivity contribution in [3.63, 3.8) is 0 Å². The summed E-state index contributed by atoms with van der Waals surface area (Å²) in [4.78, 5) is 38.8. The minimum atomic E-state index is -1.00. The van der Waals surface area contributed by atoms with Gasteiger partial charge in [-0.05, 0) is 0 Å². The van der Waals surface area contributed by atoms with Crippen molar-refractivity contribution in [1.82, 2.24) is 19.9 Å². The van der Waals surface area contributed by atoms with E-state index in [1.807, 2.05) is 0 Å². The van der Waals surface area contributed by atoms with Crippen LogP contribution in [0.5, 0.6) is 0 Å². The fourth-order valence-electron chi connectivity index (χ4n) is 2.11. The zero-order valence-electron chi connectivity index (χ0n) is 9.70. The summed E-state index contributed by atoms with van der Waals surface area (Å²) >= 11 is 0. The van der Waals surface area contributed by atoms with Gasteiger partial charge in [0.25, 0.3) is 0 Å². The number of carbonyl (C=O) groups is 2. The van der Waals surface area contributed by atoms with E-state index in [2.05, 4.69) is 19.9 Å². The molecule has 3 rings (SSSR count). The Hall–Kier alpha value is -2.71. The van der Waals surface area contributed by atoms with Crippen LogP contribution in [0.1, 0.15) is 6.42 Å². The third-order valence-electron chi connectivity index (χ3n) is 3.01. The SMILES string of the molecule is Nc1nc(N2CC(C(=O)O)CC2=O)c2[nH]cnc2n1. The molecule has 19 heavy (non-hydrogen) atoms. The molecule has 9 heteroatoms. The van der Waals surface area contributed by atoms with Gasteiger partial charge in [-0.2, -0.15) is 9.97 Å². The van der Waals surface area contributed by atoms with Gasteiger partial charge in [0, 0.05) is 13.0 Å². The van der Waals surface area contributed by atoms with Crippen LogP contribution in [0, 0.1) is 5.92 Å². The van der Waals surface area contributed by atoms with Crippen molar-refractivity contribution in [2.45, 2.75) is 6.42 Å². The molecule has 0 radical (unpaired) electrons. The van der Waals surface area contributed by atoms with Crippen molar-refractivity contribution in [3.05, 3.63) is 6.33 Å². The summed E-state index contributed by atoms with van der Waals surface area (Å²) in [5, 5.41) is 8.97. The Bertz CT molecular complexity index is 681. The molecular formula is C10H10N6O3. The van der Waals surface area contributed by atoms with Gasteiger partial charge in [0.15, 0.2) is 11.5 Å². The van der Waals surface area contributed by atoms with Crippen molar-refractivity contribution < 1.29 is 14.7 Å². The molecule has 9 nitrogen and oxygen atoms in total. The smallest absolute Gasteiger partial charge is 0.308 e. The first-order chi connectivity index (χ1) is 9.06. The summed E-state index contributed by atoms with van der Waals surface area (Å²) in [5.41, 5.74) is 6.37. The number of nitrogens with one attached hydrogen (secondary N) is 1. The van der Waals surface area contributed by atoms with E-state index >= 15 is 0 Å². The average Bonchev–Trinajstić information content (AvgIpc) is 2.94. The molecule has 0 saturated carbocycles. The van der Waals surface area contributed by atoms with Gasteiger partial charge in [-0.15, -0.1) is 0 Å². The van der Waals surface area contributed by atoms with Crippen LogP contribution >= 0.6 is 0 Å². The largest absolute Gasteiger partial charge is 0.481 e. The fraction of sp³-hybridized carbons (Fsp3) is 0.300. The van der Waals surface area contributed by atoms with Crippen molar-refractivity contribution in [1.29, 1.82) is 0 Å². The Kier molecular flexibility index (Phi) is 2.34. The molecule has 1 unspecified atom stereocenters. The first-order valence-corrected chi connectivity index (χ1v) is 5.56. The van der Waals surface area contributed by atoms with Gasteiger partial charge in [-0.1, -0.05) is 0 Å². The van der Waals surface area contributed by atoms with E-state index in [4.69, 9.17) is 10.8 Å². The Balaban J connectivity index is 2.07. The van der Waals surface area contributed by atoms with E-state index in [0.29, 0.717) is 11.2 Å². The number of H-pyrrole nitrogens is 1. The monoisotopic (exact) mass is 262 g/mol. The van der Waals surface area contributed by atoms with Gasteiger partial charge in [-0.3, -0.25) is 14.5 Å². The van der Waals surface area contributed by atoms with Crippen molar-refractivity contribution in [2.75, 3.05) is 17.2 Å². The number of aromatic nitrogens is 4. The van der Waals surface area contributed by atoms with Crippen LogP contribution in [0.25, 0.3) is 11.2 Å². The molecule has 1 aliphatic rings. The lowest BCUT2D eigenvalue weighted by molar-refractivity contribution is -0.141. The van der Waals surface area contributed by atoms with Crippen molar-refractivity contribution in [3.8, 4) is 0 Å². The normalized spacial score (nSPS) is 19.3. The van der Waals surface area contributed by atoms with Gasteiger partial charge < -0.3 is 15.8 Å². The molecule has 0 aliphatic carbocycles. The molecule has 1 saturated heterocycles. The first kappa shape index (κ1) is 11.4. The number of hydrogen-bond acceptors (Lipinski definition) is 6. The number of nitrogen functional groups attached to an aromatic ring is 1. The molecule has 4 N–H and O–H groups in total. The van der Waals surface area contributed by atoms with E-state index in [9.17, 15) is 9.59 Å². The minimum absolute atomic E-state index is 0.0128. The second-order valence-corrected chi connectivity index (χ2v) is 4.25. The molecule has 0 spiro atoms. The van der Waals surface area contributed by atoms with E-state index < -0.39 is 11.9 Å². The van der Waals surface area contributed by atoms with Crippen LogP contribution in [0.3, 0.4) is 0 Å². The molecule has 2 aromatic heterocycles. The summed E-state index contributed by atoms with van der Waals surface area (Å²) < 4.78 is 0. The number of carboxylic acid groups (broad SMARTS) is 1. The summed E-state index contributed by atoms with van der Waals surface area (Å²) in [5.74, 6) is -1.78. The number of nitrogens with two attached hydrogens (primary N) is 1. The van der Waals surface area contributed by atoms with E-state index in [0.717, 1.165) is 0 Å².